The molecule has 0 spiro atoms. The molecule has 16 heteroatoms. The molecule has 37 heavy (non-hydrogen) atoms. The summed E-state index contributed by atoms with van der Waals surface area (Å²) in [5, 5.41) is 35.0. The van der Waals surface area contributed by atoms with Crippen molar-refractivity contribution >= 4 is 35.6 Å². The molecule has 212 valence electrons. The summed E-state index contributed by atoms with van der Waals surface area (Å²) in [7, 11) is 0. The van der Waals surface area contributed by atoms with Gasteiger partial charge in [-0.1, -0.05) is 6.42 Å². The van der Waals surface area contributed by atoms with Crippen LogP contribution in [-0.4, -0.2) is 94.3 Å². The Kier molecular flexibility index (Phi) is 16.2. The lowest BCUT2D eigenvalue weighted by Gasteiger charge is -2.26. The Morgan fingerprint density at radius 2 is 1.46 bits per heavy atom. The van der Waals surface area contributed by atoms with Gasteiger partial charge in [0.1, 0.15) is 18.1 Å². The fourth-order valence-corrected chi connectivity index (χ4v) is 3.14. The number of unbranched alkanes of at least 4 members (excludes halogenated alkanes) is 1. The molecule has 0 bridgehead atoms. The van der Waals surface area contributed by atoms with E-state index in [1.807, 2.05) is 0 Å². The van der Waals surface area contributed by atoms with E-state index in [9.17, 15) is 34.2 Å². The highest BCUT2D eigenvalue weighted by Gasteiger charge is 2.32. The number of aliphatic imine (C=N–C) groups is 1. The number of rotatable bonds is 19. The number of carboxylic acid groups (broad SMARTS) is 2. The van der Waals surface area contributed by atoms with E-state index in [-0.39, 0.29) is 25.3 Å². The van der Waals surface area contributed by atoms with Crippen molar-refractivity contribution in [1.82, 2.24) is 16.0 Å². The molecule has 14 N–H and O–H groups in total. The van der Waals surface area contributed by atoms with Crippen molar-refractivity contribution in [3.63, 3.8) is 0 Å². The van der Waals surface area contributed by atoms with Crippen molar-refractivity contribution < 1.29 is 39.3 Å². The highest BCUT2D eigenvalue weighted by Crippen LogP contribution is 2.06. The van der Waals surface area contributed by atoms with Crippen molar-refractivity contribution in [2.24, 2.45) is 27.9 Å². The summed E-state index contributed by atoms with van der Waals surface area (Å²) < 4.78 is 0. The Labute approximate surface area is 214 Å². The van der Waals surface area contributed by atoms with Gasteiger partial charge in [-0.3, -0.25) is 24.2 Å². The highest BCUT2D eigenvalue weighted by molar-refractivity contribution is 5.94. The molecule has 0 radical (unpaired) electrons. The van der Waals surface area contributed by atoms with Gasteiger partial charge in [0.15, 0.2) is 5.96 Å². The third-order valence-electron chi connectivity index (χ3n) is 5.21. The molecule has 0 saturated carbocycles. The molecule has 0 aromatic carbocycles. The van der Waals surface area contributed by atoms with Gasteiger partial charge in [-0.2, -0.15) is 0 Å². The van der Waals surface area contributed by atoms with E-state index in [2.05, 4.69) is 20.9 Å². The molecule has 0 saturated heterocycles. The van der Waals surface area contributed by atoms with Crippen molar-refractivity contribution in [1.29, 1.82) is 0 Å². The number of nitrogens with one attached hydrogen (secondary N) is 3. The number of carbonyl (C=O) groups is 5. The van der Waals surface area contributed by atoms with Gasteiger partial charge in [-0.05, 0) is 45.6 Å². The van der Waals surface area contributed by atoms with Crippen molar-refractivity contribution in [3.05, 3.63) is 0 Å². The first-order chi connectivity index (χ1) is 17.3. The minimum absolute atomic E-state index is 0.0500. The number of amides is 3. The van der Waals surface area contributed by atoms with Gasteiger partial charge in [0, 0.05) is 13.0 Å². The van der Waals surface area contributed by atoms with Crippen LogP contribution in [0, 0.1) is 0 Å². The van der Waals surface area contributed by atoms with Crippen LogP contribution in [0.3, 0.4) is 0 Å². The zero-order valence-corrected chi connectivity index (χ0v) is 20.9. The Balaban J connectivity index is 5.49. The number of hydrogen-bond acceptors (Lipinski definition) is 9. The highest BCUT2D eigenvalue weighted by atomic mass is 16.4. The van der Waals surface area contributed by atoms with E-state index >= 15 is 0 Å². The van der Waals surface area contributed by atoms with Crippen LogP contribution in [0.25, 0.3) is 0 Å². The zero-order chi connectivity index (χ0) is 28.5. The number of aliphatic carboxylic acids is 2. The first-order valence-corrected chi connectivity index (χ1v) is 11.8. The predicted molar refractivity (Wildman–Crippen MR) is 133 cm³/mol. The Morgan fingerprint density at radius 3 is 1.97 bits per heavy atom. The number of carboxylic acids is 2. The molecular formula is C21H40N8O8. The second-order valence-corrected chi connectivity index (χ2v) is 8.46. The van der Waals surface area contributed by atoms with E-state index in [0.717, 1.165) is 0 Å². The van der Waals surface area contributed by atoms with E-state index in [4.69, 9.17) is 28.0 Å². The topological polar surface area (TPSA) is 299 Å². The molecular weight excluding hydrogens is 492 g/mol. The maximum absolute atomic E-state index is 13.0. The quantitative estimate of drug-likeness (QED) is 0.0436. The third kappa shape index (κ3) is 14.6. The number of carbonyl (C=O) groups excluding carboxylic acids is 3. The molecule has 0 rings (SSSR count). The molecule has 0 aromatic rings. The summed E-state index contributed by atoms with van der Waals surface area (Å²) in [6, 6.07) is -5.27. The number of guanidine groups is 1. The van der Waals surface area contributed by atoms with Gasteiger partial charge in [-0.15, -0.1) is 0 Å². The van der Waals surface area contributed by atoms with Crippen molar-refractivity contribution in [3.8, 4) is 0 Å². The summed E-state index contributed by atoms with van der Waals surface area (Å²) in [5.74, 6) is -5.42. The fraction of sp³-hybridized carbons (Fsp3) is 0.714. The molecule has 0 fully saturated rings. The third-order valence-corrected chi connectivity index (χ3v) is 5.21. The summed E-state index contributed by atoms with van der Waals surface area (Å²) in [4.78, 5) is 64.1. The smallest absolute Gasteiger partial charge is 0.326 e. The minimum atomic E-state index is -1.60. The fourth-order valence-electron chi connectivity index (χ4n) is 3.14. The van der Waals surface area contributed by atoms with Gasteiger partial charge < -0.3 is 54.2 Å². The zero-order valence-electron chi connectivity index (χ0n) is 20.9. The summed E-state index contributed by atoms with van der Waals surface area (Å²) in [5.41, 5.74) is 21.9. The number of aliphatic hydroxyl groups is 1. The van der Waals surface area contributed by atoms with Crippen LogP contribution in [0.4, 0.5) is 0 Å². The van der Waals surface area contributed by atoms with Crippen LogP contribution in [-0.2, 0) is 24.0 Å². The molecule has 0 aromatic heterocycles. The normalized spacial score (nSPS) is 14.8. The predicted octanol–water partition coefficient (Wildman–Crippen LogP) is -3.72. The molecule has 0 aliphatic carbocycles. The first kappa shape index (κ1) is 33.5. The molecule has 5 atom stereocenters. The maximum atomic E-state index is 13.0. The average Bonchev–Trinajstić information content (AvgIpc) is 2.80. The van der Waals surface area contributed by atoms with Crippen LogP contribution >= 0.6 is 0 Å². The van der Waals surface area contributed by atoms with Crippen LogP contribution in [0.5, 0.6) is 0 Å². The molecule has 0 heterocycles. The lowest BCUT2D eigenvalue weighted by Crippen LogP contribution is -2.59. The Morgan fingerprint density at radius 1 is 0.838 bits per heavy atom. The first-order valence-electron chi connectivity index (χ1n) is 11.8. The van der Waals surface area contributed by atoms with Gasteiger partial charge in [0.05, 0.1) is 12.1 Å². The largest absolute Gasteiger partial charge is 0.481 e. The number of nitrogens with two attached hydrogens (primary N) is 4. The maximum Gasteiger partial charge on any atom is 0.326 e. The van der Waals surface area contributed by atoms with Gasteiger partial charge in [0.25, 0.3) is 0 Å². The van der Waals surface area contributed by atoms with Gasteiger partial charge in [0.2, 0.25) is 17.7 Å². The average molecular weight is 533 g/mol. The SMILES string of the molecule is CC(O)C(NC(=O)C(CCCN=C(N)N)NC(=O)C(N)CCCCN)C(=O)NC(CCC(=O)O)C(=O)O. The molecule has 16 nitrogen and oxygen atoms in total. The lowest BCUT2D eigenvalue weighted by molar-refractivity contribution is -0.144. The van der Waals surface area contributed by atoms with Crippen molar-refractivity contribution in [2.45, 2.75) is 82.1 Å². The summed E-state index contributed by atoms with van der Waals surface area (Å²) in [6.45, 7) is 1.78. The van der Waals surface area contributed by atoms with Gasteiger partial charge >= 0.3 is 11.9 Å². The molecule has 0 aliphatic heterocycles. The molecule has 5 unspecified atom stereocenters. The second-order valence-electron chi connectivity index (χ2n) is 8.46. The number of hydrogen-bond donors (Lipinski definition) is 10. The lowest BCUT2D eigenvalue weighted by atomic mass is 10.1. The van der Waals surface area contributed by atoms with Crippen LogP contribution in [0.1, 0.15) is 51.9 Å². The summed E-state index contributed by atoms with van der Waals surface area (Å²) >= 11 is 0. The molecule has 0 aliphatic rings. The Bertz CT molecular complexity index is 803. The van der Waals surface area contributed by atoms with E-state index in [1.54, 1.807) is 0 Å². The number of nitrogens with zero attached hydrogens (tertiary/aromatic N) is 1. The summed E-state index contributed by atoms with van der Waals surface area (Å²) in [6.07, 6.45) is -0.497. The monoisotopic (exact) mass is 532 g/mol. The van der Waals surface area contributed by atoms with Crippen LogP contribution in [0.15, 0.2) is 4.99 Å². The van der Waals surface area contributed by atoms with Gasteiger partial charge in [-0.25, -0.2) is 4.79 Å². The van der Waals surface area contributed by atoms with Crippen LogP contribution < -0.4 is 38.9 Å². The molecule has 3 amide bonds. The Hall–Kier alpha value is -3.50. The van der Waals surface area contributed by atoms with E-state index in [1.165, 1.54) is 6.92 Å². The van der Waals surface area contributed by atoms with Crippen LogP contribution in [0.2, 0.25) is 0 Å². The minimum Gasteiger partial charge on any atom is -0.481 e. The second kappa shape index (κ2) is 17.9. The standard InChI is InChI=1S/C21H40N8O8/c1-11(30)16(19(35)28-14(20(36)37)7-8-15(31)32)29-18(34)13(6-4-10-26-21(24)25)27-17(33)12(23)5-2-3-9-22/h11-14,16,30H,2-10,22-23H2,1H3,(H,27,33)(H,28,35)(H,29,34)(H,31,32)(H,36,37)(H4,24,25,26). The van der Waals surface area contributed by atoms with Crippen molar-refractivity contribution in [2.75, 3.05) is 13.1 Å². The number of aliphatic hydroxyl groups excluding tert-OH is 1. The van der Waals surface area contributed by atoms with E-state index < -0.39 is 72.8 Å². The van der Waals surface area contributed by atoms with E-state index in [0.29, 0.717) is 25.8 Å².